The third-order valence-electron chi connectivity index (χ3n) is 3.27. The molecule has 3 rings (SSSR count). The maximum Gasteiger partial charge on any atom is 0.287 e. The van der Waals surface area contributed by atoms with Crippen LogP contribution in [-0.4, -0.2) is 37.3 Å². The predicted molar refractivity (Wildman–Crippen MR) is 97.1 cm³/mol. The lowest BCUT2D eigenvalue weighted by Gasteiger charge is -2.05. The highest BCUT2D eigenvalue weighted by atomic mass is 32.2. The number of aryl methyl sites for hydroxylation is 1. The molecule has 0 aliphatic heterocycles. The highest BCUT2D eigenvalue weighted by molar-refractivity contribution is 7.99. The fraction of sp³-hybridized carbons (Fsp3) is 0.267. The molecule has 0 unspecified atom stereocenters. The monoisotopic (exact) mass is 392 g/mol. The van der Waals surface area contributed by atoms with E-state index in [-0.39, 0.29) is 29.9 Å². The normalized spacial score (nSPS) is 10.7. The van der Waals surface area contributed by atoms with Crippen LogP contribution >= 0.6 is 23.1 Å². The SMILES string of the molecule is Cc1csc(NC(=O)CSc2nnc(CNC(=O)c3ccco3)n2C)n1. The van der Waals surface area contributed by atoms with Gasteiger partial charge in [-0.05, 0) is 19.1 Å². The first-order valence-electron chi connectivity index (χ1n) is 7.57. The number of aromatic nitrogens is 4. The molecule has 0 aliphatic rings. The molecule has 0 radical (unpaired) electrons. The van der Waals surface area contributed by atoms with Gasteiger partial charge in [0.15, 0.2) is 21.9 Å². The lowest BCUT2D eigenvalue weighted by atomic mass is 10.4. The first-order valence-corrected chi connectivity index (χ1v) is 9.44. The molecule has 0 atom stereocenters. The summed E-state index contributed by atoms with van der Waals surface area (Å²) in [5.41, 5.74) is 0.868. The van der Waals surface area contributed by atoms with Crippen molar-refractivity contribution < 1.29 is 14.0 Å². The summed E-state index contributed by atoms with van der Waals surface area (Å²) >= 11 is 2.64. The van der Waals surface area contributed by atoms with Crippen LogP contribution in [0.25, 0.3) is 0 Å². The number of thioether (sulfide) groups is 1. The minimum Gasteiger partial charge on any atom is -0.459 e. The van der Waals surface area contributed by atoms with Crippen molar-refractivity contribution in [2.75, 3.05) is 11.1 Å². The molecule has 0 aromatic carbocycles. The van der Waals surface area contributed by atoms with E-state index in [0.717, 1.165) is 5.69 Å². The summed E-state index contributed by atoms with van der Waals surface area (Å²) in [6, 6.07) is 3.22. The third kappa shape index (κ3) is 4.49. The Morgan fingerprint density at radius 3 is 2.92 bits per heavy atom. The molecule has 0 aliphatic carbocycles. The van der Waals surface area contributed by atoms with Crippen molar-refractivity contribution in [1.82, 2.24) is 25.1 Å². The van der Waals surface area contributed by atoms with Gasteiger partial charge in [-0.25, -0.2) is 4.98 Å². The molecule has 2 amide bonds. The van der Waals surface area contributed by atoms with Gasteiger partial charge in [0, 0.05) is 12.4 Å². The number of hydrogen-bond acceptors (Lipinski definition) is 8. The standard InChI is InChI=1S/C15H16N6O3S2/c1-9-7-25-14(17-9)18-12(22)8-26-15-20-19-11(21(15)2)6-16-13(23)10-4-3-5-24-10/h3-5,7H,6,8H2,1-2H3,(H,16,23)(H,17,18,22). The maximum atomic E-state index is 12.0. The van der Waals surface area contributed by atoms with E-state index in [1.807, 2.05) is 12.3 Å². The number of thiazole rings is 1. The number of nitrogens with zero attached hydrogens (tertiary/aromatic N) is 4. The van der Waals surface area contributed by atoms with Crippen LogP contribution in [0.5, 0.6) is 0 Å². The second-order valence-electron chi connectivity index (χ2n) is 5.25. The van der Waals surface area contributed by atoms with E-state index < -0.39 is 0 Å². The smallest absolute Gasteiger partial charge is 0.287 e. The quantitative estimate of drug-likeness (QED) is 0.590. The predicted octanol–water partition coefficient (Wildman–Crippen LogP) is 1.83. The van der Waals surface area contributed by atoms with Gasteiger partial charge in [0.05, 0.1) is 24.3 Å². The van der Waals surface area contributed by atoms with Gasteiger partial charge in [-0.2, -0.15) is 0 Å². The van der Waals surface area contributed by atoms with Crippen LogP contribution in [-0.2, 0) is 18.4 Å². The summed E-state index contributed by atoms with van der Waals surface area (Å²) in [7, 11) is 1.78. The Morgan fingerprint density at radius 2 is 2.23 bits per heavy atom. The molecule has 9 nitrogen and oxygen atoms in total. The van der Waals surface area contributed by atoms with E-state index in [2.05, 4.69) is 25.8 Å². The zero-order chi connectivity index (χ0) is 18.5. The number of rotatable bonds is 7. The van der Waals surface area contributed by atoms with Crippen LogP contribution in [0.15, 0.2) is 33.3 Å². The van der Waals surface area contributed by atoms with Crippen LogP contribution < -0.4 is 10.6 Å². The number of furan rings is 1. The van der Waals surface area contributed by atoms with E-state index >= 15 is 0 Å². The Balaban J connectivity index is 1.50. The summed E-state index contributed by atoms with van der Waals surface area (Å²) in [6.45, 7) is 2.07. The van der Waals surface area contributed by atoms with Gasteiger partial charge in [-0.3, -0.25) is 9.59 Å². The van der Waals surface area contributed by atoms with E-state index in [9.17, 15) is 9.59 Å². The third-order valence-corrected chi connectivity index (χ3v) is 5.17. The van der Waals surface area contributed by atoms with E-state index in [1.54, 1.807) is 23.7 Å². The molecule has 11 heteroatoms. The molecule has 0 fully saturated rings. The minimum absolute atomic E-state index is 0.167. The Bertz CT molecular complexity index is 903. The fourth-order valence-electron chi connectivity index (χ4n) is 1.98. The lowest BCUT2D eigenvalue weighted by Crippen LogP contribution is -2.24. The summed E-state index contributed by atoms with van der Waals surface area (Å²) in [5, 5.41) is 16.6. The molecule has 0 spiro atoms. The highest BCUT2D eigenvalue weighted by Crippen LogP contribution is 2.18. The topological polar surface area (TPSA) is 115 Å². The molecule has 3 heterocycles. The molecular formula is C15H16N6O3S2. The number of amides is 2. The Labute approximate surface area is 157 Å². The zero-order valence-corrected chi connectivity index (χ0v) is 15.7. The van der Waals surface area contributed by atoms with Crippen molar-refractivity contribution in [3.8, 4) is 0 Å². The molecule has 0 saturated heterocycles. The molecule has 3 aromatic heterocycles. The first-order chi connectivity index (χ1) is 12.5. The van der Waals surface area contributed by atoms with Crippen LogP contribution in [0.3, 0.4) is 0 Å². The van der Waals surface area contributed by atoms with E-state index in [4.69, 9.17) is 4.42 Å². The van der Waals surface area contributed by atoms with Gasteiger partial charge in [0.25, 0.3) is 5.91 Å². The number of hydrogen-bond donors (Lipinski definition) is 2. The van der Waals surface area contributed by atoms with Gasteiger partial charge in [0.1, 0.15) is 0 Å². The lowest BCUT2D eigenvalue weighted by molar-refractivity contribution is -0.113. The summed E-state index contributed by atoms with van der Waals surface area (Å²) in [4.78, 5) is 28.0. The van der Waals surface area contributed by atoms with Gasteiger partial charge >= 0.3 is 0 Å². The van der Waals surface area contributed by atoms with Crippen LogP contribution in [0, 0.1) is 6.92 Å². The van der Waals surface area contributed by atoms with Crippen LogP contribution in [0.1, 0.15) is 22.1 Å². The van der Waals surface area contributed by atoms with Gasteiger partial charge in [-0.1, -0.05) is 11.8 Å². The number of carbonyl (C=O) groups is 2. The highest BCUT2D eigenvalue weighted by Gasteiger charge is 2.14. The minimum atomic E-state index is -0.328. The number of carbonyl (C=O) groups excluding carboxylic acids is 2. The molecule has 2 N–H and O–H groups in total. The largest absolute Gasteiger partial charge is 0.459 e. The van der Waals surface area contributed by atoms with Crippen LogP contribution in [0.4, 0.5) is 5.13 Å². The molecule has 0 bridgehead atoms. The summed E-state index contributed by atoms with van der Waals surface area (Å²) in [5.74, 6) is 0.494. The van der Waals surface area contributed by atoms with E-state index in [0.29, 0.717) is 16.1 Å². The van der Waals surface area contributed by atoms with Crippen molar-refractivity contribution in [1.29, 1.82) is 0 Å². The molecule has 136 valence electrons. The van der Waals surface area contributed by atoms with Gasteiger partial charge in [0.2, 0.25) is 5.91 Å². The fourth-order valence-corrected chi connectivity index (χ4v) is 3.41. The Hall–Kier alpha value is -2.66. The average Bonchev–Trinajstić information content (AvgIpc) is 3.34. The molecule has 0 saturated carbocycles. The second-order valence-corrected chi connectivity index (χ2v) is 7.05. The zero-order valence-electron chi connectivity index (χ0n) is 14.1. The summed E-state index contributed by atoms with van der Waals surface area (Å²) in [6.07, 6.45) is 1.43. The van der Waals surface area contributed by atoms with Crippen molar-refractivity contribution in [3.05, 3.63) is 41.1 Å². The van der Waals surface area contributed by atoms with Gasteiger partial charge < -0.3 is 19.6 Å². The van der Waals surface area contributed by atoms with Crippen LogP contribution in [0.2, 0.25) is 0 Å². The molecular weight excluding hydrogens is 376 g/mol. The van der Waals surface area contributed by atoms with Crippen molar-refractivity contribution in [3.63, 3.8) is 0 Å². The molecule has 3 aromatic rings. The van der Waals surface area contributed by atoms with E-state index in [1.165, 1.54) is 29.4 Å². The Kier molecular flexibility index (Phi) is 5.68. The second kappa shape index (κ2) is 8.15. The maximum absolute atomic E-state index is 12.0. The molecule has 26 heavy (non-hydrogen) atoms. The van der Waals surface area contributed by atoms with Crippen molar-refractivity contribution in [2.45, 2.75) is 18.6 Å². The Morgan fingerprint density at radius 1 is 1.38 bits per heavy atom. The van der Waals surface area contributed by atoms with Crippen molar-refractivity contribution >= 4 is 40.0 Å². The number of anilines is 1. The summed E-state index contributed by atoms with van der Waals surface area (Å²) < 4.78 is 6.76. The van der Waals surface area contributed by atoms with Crippen molar-refractivity contribution in [2.24, 2.45) is 7.05 Å². The first kappa shape index (κ1) is 18.1. The van der Waals surface area contributed by atoms with Gasteiger partial charge in [-0.15, -0.1) is 21.5 Å². The number of nitrogens with one attached hydrogen (secondary N) is 2. The average molecular weight is 392 g/mol.